The minimum atomic E-state index is -0.145. The fourth-order valence-electron chi connectivity index (χ4n) is 3.43. The van der Waals surface area contributed by atoms with Crippen LogP contribution in [0, 0.1) is 0 Å². The minimum Gasteiger partial charge on any atom is -0.324 e. The Balaban J connectivity index is 1.56. The van der Waals surface area contributed by atoms with Crippen LogP contribution in [0.15, 0.2) is 65.6 Å². The van der Waals surface area contributed by atoms with Crippen molar-refractivity contribution in [1.29, 1.82) is 0 Å². The van der Waals surface area contributed by atoms with Crippen molar-refractivity contribution < 1.29 is 4.79 Å². The second-order valence-electron chi connectivity index (χ2n) is 6.35. The second-order valence-corrected chi connectivity index (χ2v) is 6.35. The number of hydrogen-bond donors (Lipinski definition) is 1. The molecule has 2 heterocycles. The zero-order chi connectivity index (χ0) is 18.8. The molecule has 0 saturated heterocycles. The zero-order valence-electron chi connectivity index (χ0n) is 15.1. The van der Waals surface area contributed by atoms with Crippen molar-refractivity contribution in [2.75, 3.05) is 5.32 Å². The average molecular weight is 360 g/mol. The van der Waals surface area contributed by atoms with Crippen molar-refractivity contribution in [2.24, 2.45) is 0 Å². The van der Waals surface area contributed by atoms with Gasteiger partial charge in [0.15, 0.2) is 0 Å². The highest BCUT2D eigenvalue weighted by Crippen LogP contribution is 2.21. The van der Waals surface area contributed by atoms with Crippen molar-refractivity contribution in [2.45, 2.75) is 26.4 Å². The number of benzene rings is 2. The van der Waals surface area contributed by atoms with E-state index in [4.69, 9.17) is 0 Å². The predicted octanol–water partition coefficient (Wildman–Crippen LogP) is 3.40. The molecule has 0 atom stereocenters. The molecule has 0 aliphatic heterocycles. The quantitative estimate of drug-likeness (QED) is 0.593. The Bertz CT molecular complexity index is 1180. The molecule has 6 nitrogen and oxygen atoms in total. The number of anilines is 1. The molecule has 0 radical (unpaired) electrons. The van der Waals surface area contributed by atoms with Gasteiger partial charge in [-0.25, -0.2) is 4.79 Å². The van der Waals surface area contributed by atoms with E-state index in [1.54, 1.807) is 15.3 Å². The van der Waals surface area contributed by atoms with Gasteiger partial charge >= 0.3 is 5.69 Å². The molecule has 0 aliphatic rings. The van der Waals surface area contributed by atoms with E-state index in [0.29, 0.717) is 18.8 Å². The van der Waals surface area contributed by atoms with E-state index < -0.39 is 0 Å². The molecule has 6 heteroatoms. The smallest absolute Gasteiger partial charge is 0.324 e. The molecule has 0 aliphatic carbocycles. The minimum absolute atomic E-state index is 0.0849. The predicted molar refractivity (Wildman–Crippen MR) is 107 cm³/mol. The van der Waals surface area contributed by atoms with Gasteiger partial charge in [-0.05, 0) is 31.2 Å². The Morgan fingerprint density at radius 2 is 1.74 bits per heavy atom. The van der Waals surface area contributed by atoms with E-state index in [0.717, 1.165) is 21.9 Å². The number of hydrogen-bond acceptors (Lipinski definition) is 3. The first-order valence-corrected chi connectivity index (χ1v) is 9.00. The van der Waals surface area contributed by atoms with Crippen LogP contribution in [0.1, 0.15) is 13.3 Å². The molecule has 136 valence electrons. The first-order chi connectivity index (χ1) is 13.2. The molecule has 1 amide bonds. The number of carbonyl (C=O) groups is 1. The molecule has 4 rings (SSSR count). The molecule has 2 aromatic carbocycles. The van der Waals surface area contributed by atoms with Gasteiger partial charge in [-0.2, -0.15) is 0 Å². The first kappa shape index (κ1) is 17.0. The van der Waals surface area contributed by atoms with Gasteiger partial charge in [-0.3, -0.25) is 18.9 Å². The molecule has 4 aromatic rings. The van der Waals surface area contributed by atoms with Gasteiger partial charge in [0.1, 0.15) is 0 Å². The molecule has 0 spiro atoms. The van der Waals surface area contributed by atoms with E-state index in [1.807, 2.05) is 61.5 Å². The van der Waals surface area contributed by atoms with Gasteiger partial charge in [0.25, 0.3) is 0 Å². The maximum Gasteiger partial charge on any atom is 0.329 e. The molecule has 27 heavy (non-hydrogen) atoms. The lowest BCUT2D eigenvalue weighted by Crippen LogP contribution is -2.25. The van der Waals surface area contributed by atoms with Gasteiger partial charge in [0, 0.05) is 31.1 Å². The number of pyridine rings is 1. The van der Waals surface area contributed by atoms with Crippen LogP contribution in [0.4, 0.5) is 5.69 Å². The van der Waals surface area contributed by atoms with E-state index in [2.05, 4.69) is 10.3 Å². The molecule has 0 unspecified atom stereocenters. The Morgan fingerprint density at radius 1 is 1.00 bits per heavy atom. The normalized spacial score (nSPS) is 11.1. The summed E-state index contributed by atoms with van der Waals surface area (Å²) in [7, 11) is 0. The third-order valence-electron chi connectivity index (χ3n) is 4.71. The molecule has 1 N–H and O–H groups in total. The van der Waals surface area contributed by atoms with Crippen LogP contribution in [-0.2, 0) is 17.9 Å². The fraction of sp³-hybridized carbons (Fsp3) is 0.190. The lowest BCUT2D eigenvalue weighted by molar-refractivity contribution is -0.116. The first-order valence-electron chi connectivity index (χ1n) is 9.00. The van der Waals surface area contributed by atoms with Gasteiger partial charge in [0.2, 0.25) is 5.91 Å². The molecule has 0 fully saturated rings. The van der Waals surface area contributed by atoms with Crippen LogP contribution < -0.4 is 11.0 Å². The number of aromatic nitrogens is 3. The lowest BCUT2D eigenvalue weighted by Gasteiger charge is -2.08. The van der Waals surface area contributed by atoms with E-state index in [-0.39, 0.29) is 18.0 Å². The summed E-state index contributed by atoms with van der Waals surface area (Å²) < 4.78 is 3.39. The lowest BCUT2D eigenvalue weighted by atomic mass is 10.2. The Kier molecular flexibility index (Phi) is 4.46. The molecule has 2 aromatic heterocycles. The third-order valence-corrected chi connectivity index (χ3v) is 4.71. The summed E-state index contributed by atoms with van der Waals surface area (Å²) in [4.78, 5) is 29.5. The number of imidazole rings is 1. The summed E-state index contributed by atoms with van der Waals surface area (Å²) >= 11 is 0. The summed E-state index contributed by atoms with van der Waals surface area (Å²) in [6, 6.07) is 17.2. The molecule has 0 saturated carbocycles. The van der Waals surface area contributed by atoms with Crippen molar-refractivity contribution in [3.63, 3.8) is 0 Å². The van der Waals surface area contributed by atoms with Gasteiger partial charge < -0.3 is 5.32 Å². The van der Waals surface area contributed by atoms with Crippen molar-refractivity contribution in [3.05, 3.63) is 71.3 Å². The molecular formula is C21H20N4O2. The summed E-state index contributed by atoms with van der Waals surface area (Å²) in [5, 5.41) is 3.89. The van der Waals surface area contributed by atoms with Crippen LogP contribution in [0.3, 0.4) is 0 Å². The van der Waals surface area contributed by atoms with Crippen molar-refractivity contribution >= 4 is 33.5 Å². The van der Waals surface area contributed by atoms with Crippen LogP contribution in [0.2, 0.25) is 0 Å². The highest BCUT2D eigenvalue weighted by atomic mass is 16.2. The van der Waals surface area contributed by atoms with Gasteiger partial charge in [-0.1, -0.05) is 30.3 Å². The number of carbonyl (C=O) groups excluding carboxylic acids is 1. The SMILES string of the molecule is CCn1c(=O)n(CCC(=O)Nc2cccc3cccnc23)c2ccccc21. The molecule has 0 bridgehead atoms. The standard InChI is InChI=1S/C21H20N4O2/c1-2-24-17-10-3-4-11-18(17)25(21(24)27)14-12-19(26)23-16-9-5-7-15-8-6-13-22-20(15)16/h3-11,13H,2,12,14H2,1H3,(H,23,26). The van der Waals surface area contributed by atoms with Crippen LogP contribution in [-0.4, -0.2) is 20.0 Å². The molecular weight excluding hydrogens is 340 g/mol. The zero-order valence-corrected chi connectivity index (χ0v) is 15.1. The second kappa shape index (κ2) is 7.07. The number of para-hydroxylation sites is 3. The van der Waals surface area contributed by atoms with Crippen LogP contribution in [0.5, 0.6) is 0 Å². The number of nitrogens with zero attached hydrogens (tertiary/aromatic N) is 3. The average Bonchev–Trinajstić information content (AvgIpc) is 2.97. The highest BCUT2D eigenvalue weighted by Gasteiger charge is 2.13. The number of aryl methyl sites for hydroxylation is 2. The Morgan fingerprint density at radius 3 is 2.52 bits per heavy atom. The largest absolute Gasteiger partial charge is 0.329 e. The van der Waals surface area contributed by atoms with E-state index >= 15 is 0 Å². The summed E-state index contributed by atoms with van der Waals surface area (Å²) in [6.07, 6.45) is 1.91. The maximum absolute atomic E-state index is 12.6. The van der Waals surface area contributed by atoms with Crippen LogP contribution >= 0.6 is 0 Å². The number of fused-ring (bicyclic) bond motifs is 2. The monoisotopic (exact) mass is 360 g/mol. The Hall–Kier alpha value is -3.41. The van der Waals surface area contributed by atoms with E-state index in [9.17, 15) is 9.59 Å². The highest BCUT2D eigenvalue weighted by molar-refractivity contribution is 6.00. The van der Waals surface area contributed by atoms with E-state index in [1.165, 1.54) is 0 Å². The van der Waals surface area contributed by atoms with Crippen molar-refractivity contribution in [1.82, 2.24) is 14.1 Å². The van der Waals surface area contributed by atoms with Crippen molar-refractivity contribution in [3.8, 4) is 0 Å². The summed E-state index contributed by atoms with van der Waals surface area (Å²) in [5.41, 5.74) is 3.10. The summed E-state index contributed by atoms with van der Waals surface area (Å²) in [5.74, 6) is -0.145. The Labute approximate surface area is 156 Å². The maximum atomic E-state index is 12.6. The fourth-order valence-corrected chi connectivity index (χ4v) is 3.43. The third kappa shape index (κ3) is 3.10. The van der Waals surface area contributed by atoms with Gasteiger partial charge in [0.05, 0.1) is 22.2 Å². The van der Waals surface area contributed by atoms with Gasteiger partial charge in [-0.15, -0.1) is 0 Å². The van der Waals surface area contributed by atoms with Crippen LogP contribution in [0.25, 0.3) is 21.9 Å². The number of nitrogens with one attached hydrogen (secondary N) is 1. The number of amides is 1. The summed E-state index contributed by atoms with van der Waals surface area (Å²) in [6.45, 7) is 2.87. The number of rotatable bonds is 5. The topological polar surface area (TPSA) is 68.9 Å².